The molecule has 0 fully saturated rings. The normalized spacial score (nSPS) is 22.6. The van der Waals surface area contributed by atoms with Crippen molar-refractivity contribution in [3.63, 3.8) is 0 Å². The Labute approximate surface area is 192 Å². The fourth-order valence-corrected chi connectivity index (χ4v) is 28.4. The first-order chi connectivity index (χ1) is 12.7. The monoisotopic (exact) mass is 446 g/mol. The molecule has 0 aromatic carbocycles. The van der Waals surface area contributed by atoms with Crippen molar-refractivity contribution in [2.45, 2.75) is 145 Å². The topological polar surface area (TPSA) is 0 Å². The highest BCUT2D eigenvalue weighted by molar-refractivity contribution is 7.16. The van der Waals surface area contributed by atoms with Crippen LogP contribution >= 0.6 is 0 Å². The zero-order valence-corrected chi connectivity index (χ0v) is 26.0. The summed E-state index contributed by atoms with van der Waals surface area (Å²) in [6, 6.07) is 0. The van der Waals surface area contributed by atoms with Gasteiger partial charge in [0.25, 0.3) is 0 Å². The molecule has 174 valence electrons. The minimum atomic E-state index is -1.92. The van der Waals surface area contributed by atoms with E-state index in [1.165, 1.54) is 0 Å². The average molecular weight is 447 g/mol. The van der Waals surface area contributed by atoms with Crippen molar-refractivity contribution < 1.29 is 0 Å². The van der Waals surface area contributed by atoms with Crippen LogP contribution in [-0.2, 0) is 0 Å². The van der Waals surface area contributed by atoms with Crippen LogP contribution in [0, 0.1) is 10.8 Å². The van der Waals surface area contributed by atoms with Crippen LogP contribution in [0.1, 0.15) is 125 Å². The molecule has 0 aromatic rings. The van der Waals surface area contributed by atoms with Crippen LogP contribution in [0.25, 0.3) is 0 Å². The predicted molar refractivity (Wildman–Crippen MR) is 143 cm³/mol. The number of fused-ring (bicyclic) bond motifs is 1. The highest BCUT2D eigenvalue weighted by Crippen LogP contribution is 2.81. The van der Waals surface area contributed by atoms with Gasteiger partial charge in [0.2, 0.25) is 0 Å². The van der Waals surface area contributed by atoms with Crippen molar-refractivity contribution in [2.24, 2.45) is 10.8 Å². The summed E-state index contributed by atoms with van der Waals surface area (Å²) in [5, 5.41) is 9.01. The van der Waals surface area contributed by atoms with Gasteiger partial charge < -0.3 is 0 Å². The Hall–Kier alpha value is -0.0862. The van der Waals surface area contributed by atoms with E-state index in [9.17, 15) is 0 Å². The fraction of sp³-hybridized carbons (Fsp3) is 0.857. The van der Waals surface area contributed by atoms with E-state index in [4.69, 9.17) is 0 Å². The molecule has 2 heteroatoms. The third-order valence-electron chi connectivity index (χ3n) is 8.25. The van der Waals surface area contributed by atoms with Crippen molar-refractivity contribution in [2.75, 3.05) is 0 Å². The summed E-state index contributed by atoms with van der Waals surface area (Å²) in [6.07, 6.45) is 0. The average Bonchev–Trinajstić information content (AvgIpc) is 2.29. The lowest BCUT2D eigenvalue weighted by molar-refractivity contribution is 0.462. The van der Waals surface area contributed by atoms with Crippen molar-refractivity contribution >= 4 is 16.1 Å². The molecule has 30 heavy (non-hydrogen) atoms. The molecule has 0 spiro atoms. The first-order valence-electron chi connectivity index (χ1n) is 12.2. The molecular formula is C28H54Si2. The highest BCUT2D eigenvalue weighted by Gasteiger charge is 2.79. The molecule has 0 nitrogen and oxygen atoms in total. The van der Waals surface area contributed by atoms with Crippen LogP contribution in [0.15, 0.2) is 20.8 Å². The number of hydrogen-bond donors (Lipinski definition) is 0. The lowest BCUT2D eigenvalue weighted by Gasteiger charge is -2.78. The second-order valence-corrected chi connectivity index (χ2v) is 27.5. The molecule has 2 aliphatic rings. The minimum Gasteiger partial charge on any atom is -0.0697 e. The summed E-state index contributed by atoms with van der Waals surface area (Å²) in [4.78, 5) is 0. The Balaban J connectivity index is 3.28. The van der Waals surface area contributed by atoms with Gasteiger partial charge in [-0.25, -0.2) is 0 Å². The van der Waals surface area contributed by atoms with Crippen molar-refractivity contribution in [1.29, 1.82) is 0 Å². The summed E-state index contributed by atoms with van der Waals surface area (Å²) in [6.45, 7) is 45.9. The quantitative estimate of drug-likeness (QED) is 0.325. The number of rotatable bonds is 0. The van der Waals surface area contributed by atoms with E-state index in [-0.39, 0.29) is 10.8 Å². The third-order valence-corrected chi connectivity index (χ3v) is 24.0. The van der Waals surface area contributed by atoms with Crippen LogP contribution in [0.4, 0.5) is 0 Å². The van der Waals surface area contributed by atoms with Gasteiger partial charge in [0, 0.05) is 0 Å². The van der Waals surface area contributed by atoms with Crippen molar-refractivity contribution in [3.8, 4) is 0 Å². The van der Waals surface area contributed by atoms with Gasteiger partial charge in [0.1, 0.15) is 16.1 Å². The van der Waals surface area contributed by atoms with Gasteiger partial charge in [0.15, 0.2) is 0 Å². The van der Waals surface area contributed by atoms with Gasteiger partial charge in [0.05, 0.1) is 0 Å². The molecule has 0 saturated carbocycles. The maximum atomic E-state index is 2.57. The van der Waals surface area contributed by atoms with E-state index < -0.39 is 16.1 Å². The summed E-state index contributed by atoms with van der Waals surface area (Å²) in [7, 11) is -3.83. The van der Waals surface area contributed by atoms with Crippen LogP contribution in [-0.4, -0.2) is 16.1 Å². The van der Waals surface area contributed by atoms with Crippen LogP contribution in [0.2, 0.25) is 20.2 Å². The van der Waals surface area contributed by atoms with Gasteiger partial charge in [-0.3, -0.25) is 0 Å². The van der Waals surface area contributed by atoms with E-state index >= 15 is 0 Å². The molecule has 0 unspecified atom stereocenters. The van der Waals surface area contributed by atoms with E-state index in [0.29, 0.717) is 20.2 Å². The van der Waals surface area contributed by atoms with Crippen LogP contribution < -0.4 is 0 Å². The Kier molecular flexibility index (Phi) is 5.47. The van der Waals surface area contributed by atoms with E-state index in [1.54, 1.807) is 0 Å². The standard InChI is InChI=1S/C28H54Si2/c1-23(2,3)21-19-20(29(21,25(7,8)9)26(10,11)12)22(24(4,5)6)30(19,27(13,14)15)28(16,17)18/h1-18H3. The molecular weight excluding hydrogens is 392 g/mol. The second-order valence-electron chi connectivity index (χ2n) is 16.5. The summed E-state index contributed by atoms with van der Waals surface area (Å²) < 4.78 is 0. The maximum Gasteiger partial charge on any atom is 0.123 e. The number of allylic oxidation sites excluding steroid dienone is 4. The largest absolute Gasteiger partial charge is 0.123 e. The Bertz CT molecular complexity index is 694. The molecule has 0 aliphatic carbocycles. The minimum absolute atomic E-state index is 0.240. The highest BCUT2D eigenvalue weighted by atomic mass is 28.3. The lowest BCUT2D eigenvalue weighted by atomic mass is 9.91. The molecule has 0 N–H and O–H groups in total. The molecule has 2 heterocycles. The van der Waals surface area contributed by atoms with Crippen LogP contribution in [0.5, 0.6) is 0 Å². The zero-order chi connectivity index (χ0) is 24.3. The molecule has 0 bridgehead atoms. The molecule has 2 aliphatic heterocycles. The van der Waals surface area contributed by atoms with E-state index in [1.807, 2.05) is 20.8 Å². The predicted octanol–water partition coefficient (Wildman–Crippen LogP) is 9.95. The van der Waals surface area contributed by atoms with Crippen molar-refractivity contribution in [1.82, 2.24) is 0 Å². The van der Waals surface area contributed by atoms with Gasteiger partial charge in [-0.15, -0.1) is 0 Å². The summed E-state index contributed by atoms with van der Waals surface area (Å²) >= 11 is 0. The second kappa shape index (κ2) is 6.28. The van der Waals surface area contributed by atoms with E-state index in [2.05, 4.69) is 125 Å². The fourth-order valence-electron chi connectivity index (χ4n) is 8.62. The summed E-state index contributed by atoms with van der Waals surface area (Å²) in [5.41, 5.74) is 0.480. The maximum absolute atomic E-state index is 2.57. The van der Waals surface area contributed by atoms with Gasteiger partial charge in [-0.1, -0.05) is 145 Å². The van der Waals surface area contributed by atoms with Gasteiger partial charge in [-0.05, 0) is 31.0 Å². The molecule has 0 atom stereocenters. The molecule has 0 aromatic heterocycles. The lowest BCUT2D eigenvalue weighted by Crippen LogP contribution is -2.78. The Morgan fingerprint density at radius 3 is 0.600 bits per heavy atom. The first-order valence-corrected chi connectivity index (χ1v) is 16.2. The number of hydrogen-bond acceptors (Lipinski definition) is 0. The smallest absolute Gasteiger partial charge is 0.0697 e. The molecule has 0 amide bonds. The summed E-state index contributed by atoms with van der Waals surface area (Å²) in [5.74, 6) is 0. The van der Waals surface area contributed by atoms with E-state index in [0.717, 1.165) is 0 Å². The van der Waals surface area contributed by atoms with Gasteiger partial charge in [-0.2, -0.15) is 0 Å². The first kappa shape index (κ1) is 26.2. The molecule has 0 saturated heterocycles. The SMILES string of the molecule is CC(C)(C)C1=C2C(=C(C(C)(C)C)[Si]2(C(C)(C)C)C(C)(C)C)[Si]1(C(C)(C)C)C(C)(C)C. The van der Waals surface area contributed by atoms with Gasteiger partial charge >= 0.3 is 0 Å². The Morgan fingerprint density at radius 1 is 0.333 bits per heavy atom. The Morgan fingerprint density at radius 2 is 0.500 bits per heavy atom. The van der Waals surface area contributed by atoms with Crippen LogP contribution in [0.3, 0.4) is 0 Å². The molecule has 0 radical (unpaired) electrons. The third kappa shape index (κ3) is 2.87. The zero-order valence-electron chi connectivity index (χ0n) is 24.0. The molecule has 2 rings (SSSR count). The van der Waals surface area contributed by atoms with Crippen molar-refractivity contribution in [3.05, 3.63) is 20.8 Å².